The first-order chi connectivity index (χ1) is 11.0. The first-order valence-corrected chi connectivity index (χ1v) is 7.32. The topological polar surface area (TPSA) is 67.9 Å². The molecule has 0 aliphatic rings. The first-order valence-electron chi connectivity index (χ1n) is 6.94. The van der Waals surface area contributed by atoms with Crippen LogP contribution in [0.15, 0.2) is 29.8 Å². The Morgan fingerprint density at radius 1 is 1.39 bits per heavy atom. The van der Waals surface area contributed by atoms with Crippen molar-refractivity contribution >= 4 is 23.6 Å². The monoisotopic (exact) mass is 329 g/mol. The minimum atomic E-state index is -0.700. The van der Waals surface area contributed by atoms with E-state index in [4.69, 9.17) is 16.9 Å². The number of ether oxygens (including phenoxy) is 1. The predicted molar refractivity (Wildman–Crippen MR) is 87.9 cm³/mol. The minimum Gasteiger partial charge on any atom is -0.465 e. The lowest BCUT2D eigenvalue weighted by Gasteiger charge is -2.04. The smallest absolute Gasteiger partial charge is 0.348 e. The summed E-state index contributed by atoms with van der Waals surface area (Å²) in [5.74, 6) is -0.700. The van der Waals surface area contributed by atoms with Gasteiger partial charge in [0.05, 0.1) is 19.3 Å². The molecule has 2 aromatic rings. The van der Waals surface area contributed by atoms with Crippen molar-refractivity contribution in [1.29, 1.82) is 5.26 Å². The number of methoxy groups -OCH3 is 1. The summed E-state index contributed by atoms with van der Waals surface area (Å²) < 4.78 is 6.21. The zero-order valence-electron chi connectivity index (χ0n) is 13.1. The molecule has 0 aliphatic heterocycles. The third-order valence-electron chi connectivity index (χ3n) is 3.38. The second kappa shape index (κ2) is 7.12. The fourth-order valence-electron chi connectivity index (χ4n) is 2.09. The summed E-state index contributed by atoms with van der Waals surface area (Å²) in [4.78, 5) is 11.5. The molecule has 0 saturated heterocycles. The summed E-state index contributed by atoms with van der Waals surface area (Å²) in [6, 6.07) is 9.86. The molecule has 118 valence electrons. The highest BCUT2D eigenvalue weighted by Gasteiger charge is 2.16. The molecular formula is C17H16ClN3O2. The highest BCUT2D eigenvalue weighted by atomic mass is 35.5. The van der Waals surface area contributed by atoms with Crippen LogP contribution >= 0.6 is 11.6 Å². The summed E-state index contributed by atoms with van der Waals surface area (Å²) in [7, 11) is 1.22. The number of carbonyl (C=O) groups excluding carboxylic acids is 1. The van der Waals surface area contributed by atoms with E-state index in [1.807, 2.05) is 37.3 Å². The van der Waals surface area contributed by atoms with Crippen molar-refractivity contribution in [3.8, 4) is 6.07 Å². The van der Waals surface area contributed by atoms with Crippen molar-refractivity contribution in [2.45, 2.75) is 20.4 Å². The number of benzene rings is 1. The van der Waals surface area contributed by atoms with Crippen molar-refractivity contribution in [2.75, 3.05) is 7.11 Å². The fraction of sp³-hybridized carbons (Fsp3) is 0.235. The van der Waals surface area contributed by atoms with Crippen LogP contribution in [0.2, 0.25) is 5.15 Å². The Morgan fingerprint density at radius 2 is 2.04 bits per heavy atom. The van der Waals surface area contributed by atoms with Gasteiger partial charge in [0.1, 0.15) is 16.8 Å². The van der Waals surface area contributed by atoms with Crippen LogP contribution in [0.3, 0.4) is 0 Å². The van der Waals surface area contributed by atoms with Crippen LogP contribution < -0.4 is 0 Å². The number of esters is 1. The number of halogens is 1. The largest absolute Gasteiger partial charge is 0.465 e. The number of hydrogen-bond donors (Lipinski definition) is 0. The van der Waals surface area contributed by atoms with E-state index in [0.29, 0.717) is 23.0 Å². The number of aromatic nitrogens is 2. The summed E-state index contributed by atoms with van der Waals surface area (Å²) in [5.41, 5.74) is 3.30. The molecule has 0 N–H and O–H groups in total. The third-order valence-corrected chi connectivity index (χ3v) is 3.78. The molecule has 0 atom stereocenters. The maximum Gasteiger partial charge on any atom is 0.348 e. The molecule has 0 unspecified atom stereocenters. The highest BCUT2D eigenvalue weighted by Crippen LogP contribution is 2.24. The van der Waals surface area contributed by atoms with Crippen LogP contribution in [0, 0.1) is 25.2 Å². The molecule has 0 bridgehead atoms. The summed E-state index contributed by atoms with van der Waals surface area (Å²) >= 11 is 6.35. The van der Waals surface area contributed by atoms with Crippen LogP contribution in [0.1, 0.15) is 22.4 Å². The number of hydrogen-bond acceptors (Lipinski definition) is 4. The lowest BCUT2D eigenvalue weighted by Crippen LogP contribution is -2.03. The molecular weight excluding hydrogens is 314 g/mol. The lowest BCUT2D eigenvalue weighted by atomic mass is 10.1. The maximum atomic E-state index is 11.5. The van der Waals surface area contributed by atoms with Gasteiger partial charge in [-0.1, -0.05) is 41.4 Å². The van der Waals surface area contributed by atoms with E-state index in [1.54, 1.807) is 11.6 Å². The van der Waals surface area contributed by atoms with Gasteiger partial charge in [0.25, 0.3) is 0 Å². The van der Waals surface area contributed by atoms with Crippen molar-refractivity contribution in [2.24, 2.45) is 0 Å². The molecule has 0 spiro atoms. The lowest BCUT2D eigenvalue weighted by molar-refractivity contribution is -0.135. The molecule has 1 aromatic carbocycles. The van der Waals surface area contributed by atoms with Crippen LogP contribution in [0.5, 0.6) is 0 Å². The Hall–Kier alpha value is -2.58. The van der Waals surface area contributed by atoms with E-state index in [2.05, 4.69) is 9.84 Å². The van der Waals surface area contributed by atoms with Crippen LogP contribution in [0.4, 0.5) is 0 Å². The van der Waals surface area contributed by atoms with Crippen molar-refractivity contribution in [3.05, 3.63) is 57.4 Å². The van der Waals surface area contributed by atoms with Gasteiger partial charge in [-0.05, 0) is 25.5 Å². The molecule has 0 aliphatic carbocycles. The van der Waals surface area contributed by atoms with Crippen LogP contribution in [0.25, 0.3) is 6.08 Å². The van der Waals surface area contributed by atoms with Crippen molar-refractivity contribution < 1.29 is 9.53 Å². The molecule has 23 heavy (non-hydrogen) atoms. The average Bonchev–Trinajstić information content (AvgIpc) is 2.80. The van der Waals surface area contributed by atoms with E-state index in [-0.39, 0.29) is 5.57 Å². The van der Waals surface area contributed by atoms with E-state index in [9.17, 15) is 4.79 Å². The molecule has 0 fully saturated rings. The first kappa shape index (κ1) is 16.8. The van der Waals surface area contributed by atoms with Gasteiger partial charge in [-0.25, -0.2) is 9.48 Å². The zero-order chi connectivity index (χ0) is 17.0. The molecule has 0 radical (unpaired) electrons. The third kappa shape index (κ3) is 3.79. The van der Waals surface area contributed by atoms with Crippen LogP contribution in [-0.2, 0) is 16.1 Å². The Kier molecular flexibility index (Phi) is 5.20. The molecule has 2 rings (SSSR count). The molecule has 6 heteroatoms. The highest BCUT2D eigenvalue weighted by molar-refractivity contribution is 6.31. The van der Waals surface area contributed by atoms with E-state index >= 15 is 0 Å². The number of aryl methyl sites for hydroxylation is 2. The SMILES string of the molecule is COC(=O)/C(C#N)=C/c1c(C)nn(Cc2ccc(C)cc2)c1Cl. The molecule has 1 heterocycles. The van der Waals surface area contributed by atoms with Gasteiger partial charge in [-0.3, -0.25) is 0 Å². The number of carbonyl (C=O) groups is 1. The number of rotatable bonds is 4. The molecule has 0 saturated carbocycles. The molecule has 1 aromatic heterocycles. The van der Waals surface area contributed by atoms with Gasteiger partial charge in [-0.15, -0.1) is 0 Å². The second-order valence-electron chi connectivity index (χ2n) is 5.09. The number of nitrogens with zero attached hydrogens (tertiary/aromatic N) is 3. The van der Waals surface area contributed by atoms with E-state index in [1.165, 1.54) is 18.7 Å². The van der Waals surface area contributed by atoms with Crippen molar-refractivity contribution in [3.63, 3.8) is 0 Å². The van der Waals surface area contributed by atoms with Gasteiger partial charge < -0.3 is 4.74 Å². The zero-order valence-corrected chi connectivity index (χ0v) is 13.9. The van der Waals surface area contributed by atoms with Gasteiger partial charge >= 0.3 is 5.97 Å². The molecule has 5 nitrogen and oxygen atoms in total. The molecule has 0 amide bonds. The van der Waals surface area contributed by atoms with Gasteiger partial charge in [0.2, 0.25) is 0 Å². The summed E-state index contributed by atoms with van der Waals surface area (Å²) in [5, 5.41) is 13.8. The predicted octanol–water partition coefficient (Wildman–Crippen LogP) is 3.28. The van der Waals surface area contributed by atoms with E-state index < -0.39 is 5.97 Å². The summed E-state index contributed by atoms with van der Waals surface area (Å²) in [6.07, 6.45) is 1.40. The Morgan fingerprint density at radius 3 is 2.61 bits per heavy atom. The normalized spacial score (nSPS) is 11.2. The average molecular weight is 330 g/mol. The van der Waals surface area contributed by atoms with Gasteiger partial charge in [0, 0.05) is 5.56 Å². The Bertz CT molecular complexity index is 798. The Labute approximate surface area is 139 Å². The Balaban J connectivity index is 2.36. The van der Waals surface area contributed by atoms with Crippen LogP contribution in [-0.4, -0.2) is 22.9 Å². The maximum absolute atomic E-state index is 11.5. The van der Waals surface area contributed by atoms with Gasteiger partial charge in [0.15, 0.2) is 0 Å². The fourth-order valence-corrected chi connectivity index (χ4v) is 2.38. The quantitative estimate of drug-likeness (QED) is 0.490. The summed E-state index contributed by atoms with van der Waals surface area (Å²) in [6.45, 7) is 4.30. The van der Waals surface area contributed by atoms with Crippen molar-refractivity contribution in [1.82, 2.24) is 9.78 Å². The van der Waals surface area contributed by atoms with Gasteiger partial charge in [-0.2, -0.15) is 10.4 Å². The number of nitriles is 1. The minimum absolute atomic E-state index is 0.118. The van der Waals surface area contributed by atoms with E-state index in [0.717, 1.165) is 5.56 Å². The second-order valence-corrected chi connectivity index (χ2v) is 5.45. The standard InChI is InChI=1S/C17H16ClN3O2/c1-11-4-6-13(7-5-11)10-21-16(18)15(12(2)20-21)8-14(9-19)17(22)23-3/h4-8H,10H2,1-3H3/b14-8+.